The van der Waals surface area contributed by atoms with Crippen molar-refractivity contribution in [1.82, 2.24) is 10.1 Å². The quantitative estimate of drug-likeness (QED) is 0.409. The summed E-state index contributed by atoms with van der Waals surface area (Å²) in [4.78, 5) is 23.1. The molecule has 0 bridgehead atoms. The normalized spacial score (nSPS) is 13.2. The first-order valence-corrected chi connectivity index (χ1v) is 6.93. The number of carbonyl (C=O) groups excluding carboxylic acids is 1. The molecule has 0 fully saturated rings. The Morgan fingerprint density at radius 3 is 2.23 bits per heavy atom. The van der Waals surface area contributed by atoms with E-state index >= 15 is 0 Å². The van der Waals surface area contributed by atoms with Crippen LogP contribution in [0.2, 0.25) is 0 Å². The molecule has 1 aromatic carbocycles. The second-order valence-corrected chi connectivity index (χ2v) is 5.10. The van der Waals surface area contributed by atoms with Crippen molar-refractivity contribution in [2.45, 2.75) is 18.9 Å². The van der Waals surface area contributed by atoms with Crippen molar-refractivity contribution < 1.29 is 4.79 Å². The van der Waals surface area contributed by atoms with Crippen molar-refractivity contribution in [3.8, 4) is 0 Å². The van der Waals surface area contributed by atoms with Gasteiger partial charge in [-0.3, -0.25) is 4.79 Å². The Kier molecular flexibility index (Phi) is 6.47. The second kappa shape index (κ2) is 8.09. The van der Waals surface area contributed by atoms with Gasteiger partial charge in [-0.15, -0.1) is 18.1 Å². The molecule has 0 aliphatic heterocycles. The number of nitrogens with two attached hydrogens (primary N) is 1. The summed E-state index contributed by atoms with van der Waals surface area (Å²) in [5, 5.41) is 6.04. The number of hydrogen-bond acceptors (Lipinski definition) is 4. The number of hydrogen-bond donors (Lipinski definition) is 1. The maximum absolute atomic E-state index is 11.5. The molecule has 1 amide bonds. The van der Waals surface area contributed by atoms with Gasteiger partial charge in [0, 0.05) is 13.1 Å². The SMILES string of the molecule is C=CCN(CC=C)N(N=O)C(C)(CC(N)=O)c1ccccc1. The second-order valence-electron chi connectivity index (χ2n) is 5.10. The largest absolute Gasteiger partial charge is 0.370 e. The highest BCUT2D eigenvalue weighted by Gasteiger charge is 2.39. The first kappa shape index (κ1) is 17.6. The summed E-state index contributed by atoms with van der Waals surface area (Å²) in [5.74, 6) is -0.517. The number of rotatable bonds is 10. The van der Waals surface area contributed by atoms with Crippen LogP contribution in [0, 0.1) is 4.91 Å². The maximum atomic E-state index is 11.5. The molecular weight excluding hydrogens is 280 g/mol. The van der Waals surface area contributed by atoms with Crippen LogP contribution in [0.4, 0.5) is 0 Å². The lowest BCUT2D eigenvalue weighted by molar-refractivity contribution is -0.131. The third-order valence-electron chi connectivity index (χ3n) is 3.38. The van der Waals surface area contributed by atoms with Crippen LogP contribution < -0.4 is 5.73 Å². The molecule has 0 aliphatic rings. The number of primary amides is 1. The van der Waals surface area contributed by atoms with E-state index in [1.807, 2.05) is 30.3 Å². The summed E-state index contributed by atoms with van der Waals surface area (Å²) in [6, 6.07) is 9.20. The molecule has 6 nitrogen and oxygen atoms in total. The van der Waals surface area contributed by atoms with Crippen molar-refractivity contribution >= 4 is 5.91 Å². The molecule has 0 saturated heterocycles. The van der Waals surface area contributed by atoms with Crippen molar-refractivity contribution in [3.63, 3.8) is 0 Å². The number of nitrogens with zero attached hydrogens (tertiary/aromatic N) is 3. The fourth-order valence-corrected chi connectivity index (χ4v) is 2.41. The standard InChI is InChI=1S/C16H22N4O2/c1-4-11-19(12-5-2)20(18-22)16(3,13-15(17)21)14-9-7-6-8-10-14/h4-10H,1-2,11-13H2,3H3,(H2,17,21). The number of nitroso groups, excluding NO2 is 1. The smallest absolute Gasteiger partial charge is 0.220 e. The highest BCUT2D eigenvalue weighted by molar-refractivity contribution is 5.75. The van der Waals surface area contributed by atoms with Crippen molar-refractivity contribution in [1.29, 1.82) is 0 Å². The summed E-state index contributed by atoms with van der Waals surface area (Å²) in [6.45, 7) is 9.89. The number of carbonyl (C=O) groups is 1. The molecule has 0 radical (unpaired) electrons. The molecule has 0 aromatic heterocycles. The zero-order valence-electron chi connectivity index (χ0n) is 12.8. The van der Waals surface area contributed by atoms with Crippen LogP contribution in [-0.2, 0) is 10.3 Å². The van der Waals surface area contributed by atoms with Crippen molar-refractivity contribution in [2.75, 3.05) is 13.1 Å². The third kappa shape index (κ3) is 4.02. The Balaban J connectivity index is 3.32. The van der Waals surface area contributed by atoms with Gasteiger partial charge in [0.15, 0.2) is 0 Å². The van der Waals surface area contributed by atoms with E-state index in [1.165, 1.54) is 5.12 Å². The summed E-state index contributed by atoms with van der Waals surface area (Å²) in [7, 11) is 0. The van der Waals surface area contributed by atoms with Gasteiger partial charge in [-0.05, 0) is 12.5 Å². The van der Waals surface area contributed by atoms with Gasteiger partial charge in [-0.2, -0.15) is 10.1 Å². The first-order chi connectivity index (χ1) is 10.5. The fourth-order valence-electron chi connectivity index (χ4n) is 2.41. The predicted octanol–water partition coefficient (Wildman–Crippen LogP) is 2.35. The van der Waals surface area contributed by atoms with Crippen LogP contribution in [0.25, 0.3) is 0 Å². The Labute approximate surface area is 130 Å². The van der Waals surface area contributed by atoms with E-state index < -0.39 is 11.4 Å². The van der Waals surface area contributed by atoms with E-state index in [2.05, 4.69) is 18.4 Å². The molecule has 1 rings (SSSR count). The van der Waals surface area contributed by atoms with Crippen LogP contribution in [0.15, 0.2) is 60.9 Å². The van der Waals surface area contributed by atoms with E-state index in [0.29, 0.717) is 13.1 Å². The Morgan fingerprint density at radius 2 is 1.82 bits per heavy atom. The van der Waals surface area contributed by atoms with Gasteiger partial charge < -0.3 is 5.73 Å². The number of benzene rings is 1. The first-order valence-electron chi connectivity index (χ1n) is 6.93. The number of amides is 1. The highest BCUT2D eigenvalue weighted by Crippen LogP contribution is 2.33. The van der Waals surface area contributed by atoms with Gasteiger partial charge in [-0.1, -0.05) is 42.5 Å². The molecule has 2 N–H and O–H groups in total. The lowest BCUT2D eigenvalue weighted by Crippen LogP contribution is -2.52. The van der Waals surface area contributed by atoms with Gasteiger partial charge in [0.05, 0.1) is 11.7 Å². The molecule has 22 heavy (non-hydrogen) atoms. The molecule has 0 aliphatic carbocycles. The summed E-state index contributed by atoms with van der Waals surface area (Å²) in [6.07, 6.45) is 3.25. The van der Waals surface area contributed by atoms with Crippen molar-refractivity contribution in [2.24, 2.45) is 11.0 Å². The van der Waals surface area contributed by atoms with Crippen LogP contribution in [0.5, 0.6) is 0 Å². The van der Waals surface area contributed by atoms with Crippen LogP contribution in [0.1, 0.15) is 18.9 Å². The topological polar surface area (TPSA) is 79.0 Å². The summed E-state index contributed by atoms with van der Waals surface area (Å²) in [5.41, 5.74) is 5.17. The molecule has 0 heterocycles. The minimum absolute atomic E-state index is 0.0481. The maximum Gasteiger partial charge on any atom is 0.220 e. The van der Waals surface area contributed by atoms with Crippen LogP contribution >= 0.6 is 0 Å². The summed E-state index contributed by atoms with van der Waals surface area (Å²) < 4.78 is 0. The van der Waals surface area contributed by atoms with E-state index in [4.69, 9.17) is 5.73 Å². The fraction of sp³-hybridized carbons (Fsp3) is 0.312. The Bertz CT molecular complexity index is 522. The minimum Gasteiger partial charge on any atom is -0.370 e. The minimum atomic E-state index is -0.985. The highest BCUT2D eigenvalue weighted by atomic mass is 16.3. The van der Waals surface area contributed by atoms with E-state index in [9.17, 15) is 9.70 Å². The van der Waals surface area contributed by atoms with Gasteiger partial charge in [0.2, 0.25) is 5.91 Å². The molecular formula is C16H22N4O2. The lowest BCUT2D eigenvalue weighted by atomic mass is 9.88. The molecule has 1 unspecified atom stereocenters. The predicted molar refractivity (Wildman–Crippen MR) is 87.2 cm³/mol. The summed E-state index contributed by atoms with van der Waals surface area (Å²) >= 11 is 0. The molecule has 0 saturated carbocycles. The van der Waals surface area contributed by atoms with E-state index in [0.717, 1.165) is 5.56 Å². The lowest BCUT2D eigenvalue weighted by Gasteiger charge is -2.42. The average molecular weight is 302 g/mol. The van der Waals surface area contributed by atoms with Crippen LogP contribution in [-0.4, -0.2) is 29.1 Å². The third-order valence-corrected chi connectivity index (χ3v) is 3.38. The zero-order chi connectivity index (χ0) is 16.6. The Hall–Kier alpha value is -2.47. The van der Waals surface area contributed by atoms with E-state index in [1.54, 1.807) is 24.1 Å². The molecule has 1 aromatic rings. The Morgan fingerprint density at radius 1 is 1.27 bits per heavy atom. The number of hydrazine groups is 1. The van der Waals surface area contributed by atoms with Gasteiger partial charge in [-0.25, -0.2) is 0 Å². The molecule has 0 spiro atoms. The van der Waals surface area contributed by atoms with E-state index in [-0.39, 0.29) is 6.42 Å². The molecule has 6 heteroatoms. The van der Waals surface area contributed by atoms with Gasteiger partial charge in [0.25, 0.3) is 0 Å². The van der Waals surface area contributed by atoms with Gasteiger partial charge >= 0.3 is 0 Å². The average Bonchev–Trinajstić information content (AvgIpc) is 2.48. The molecule has 118 valence electrons. The van der Waals surface area contributed by atoms with Crippen LogP contribution in [0.3, 0.4) is 0 Å². The van der Waals surface area contributed by atoms with Crippen molar-refractivity contribution in [3.05, 3.63) is 66.1 Å². The zero-order valence-corrected chi connectivity index (χ0v) is 12.8. The monoisotopic (exact) mass is 302 g/mol. The molecule has 1 atom stereocenters. The van der Waals surface area contributed by atoms with Gasteiger partial charge in [0.1, 0.15) is 5.54 Å².